The molecule has 1 saturated heterocycles. The molecule has 5 heteroatoms. The van der Waals surface area contributed by atoms with Crippen LogP contribution < -0.4 is 14.8 Å². The molecule has 5 nitrogen and oxygen atoms in total. The Morgan fingerprint density at radius 3 is 2.87 bits per heavy atom. The summed E-state index contributed by atoms with van der Waals surface area (Å²) in [5.41, 5.74) is 0.989. The first-order valence-corrected chi connectivity index (χ1v) is 8.26. The van der Waals surface area contributed by atoms with Crippen LogP contribution in [0, 0.1) is 5.92 Å². The van der Waals surface area contributed by atoms with Gasteiger partial charge in [0.1, 0.15) is 6.61 Å². The van der Waals surface area contributed by atoms with Crippen molar-refractivity contribution in [3.8, 4) is 11.5 Å². The number of methoxy groups -OCH3 is 1. The van der Waals surface area contributed by atoms with E-state index in [-0.39, 0.29) is 12.0 Å². The van der Waals surface area contributed by atoms with Gasteiger partial charge in [0.2, 0.25) is 5.91 Å². The first kappa shape index (κ1) is 17.6. The number of nitrogens with one attached hydrogen (secondary N) is 1. The monoisotopic (exact) mass is 321 g/mol. The average Bonchev–Trinajstić information content (AvgIpc) is 3.04. The number of hydrogen-bond donors (Lipinski definition) is 1. The molecule has 0 aliphatic carbocycles. The molecule has 0 spiro atoms. The van der Waals surface area contributed by atoms with Crippen molar-refractivity contribution in [1.82, 2.24) is 5.32 Å². The number of amides is 1. The van der Waals surface area contributed by atoms with Crippen LogP contribution in [0.5, 0.6) is 11.5 Å². The molecule has 1 fully saturated rings. The minimum absolute atomic E-state index is 0.0673. The van der Waals surface area contributed by atoms with Crippen LogP contribution in [-0.4, -0.2) is 32.3 Å². The van der Waals surface area contributed by atoms with Gasteiger partial charge in [0.15, 0.2) is 11.5 Å². The van der Waals surface area contributed by atoms with Gasteiger partial charge in [-0.05, 0) is 36.5 Å². The molecule has 0 bridgehead atoms. The summed E-state index contributed by atoms with van der Waals surface area (Å²) >= 11 is 0. The van der Waals surface area contributed by atoms with Crippen molar-refractivity contribution in [2.75, 3.05) is 20.3 Å². The molecule has 1 aromatic carbocycles. The summed E-state index contributed by atoms with van der Waals surface area (Å²) in [6.45, 7) is 5.92. The molecule has 23 heavy (non-hydrogen) atoms. The average molecular weight is 321 g/mol. The molecule has 0 aromatic heterocycles. The summed E-state index contributed by atoms with van der Waals surface area (Å²) < 4.78 is 16.8. The van der Waals surface area contributed by atoms with Crippen molar-refractivity contribution < 1.29 is 19.0 Å². The normalized spacial score (nSPS) is 17.3. The molecule has 2 rings (SSSR count). The lowest BCUT2D eigenvalue weighted by atomic mass is 10.1. The smallest absolute Gasteiger partial charge is 0.220 e. The number of carbonyl (C=O) groups excluding carboxylic acids is 1. The van der Waals surface area contributed by atoms with Gasteiger partial charge in [-0.1, -0.05) is 19.9 Å². The zero-order chi connectivity index (χ0) is 16.7. The van der Waals surface area contributed by atoms with Crippen LogP contribution in [0.2, 0.25) is 0 Å². The maximum atomic E-state index is 11.7. The van der Waals surface area contributed by atoms with Crippen molar-refractivity contribution in [2.45, 2.75) is 45.8 Å². The molecule has 128 valence electrons. The van der Waals surface area contributed by atoms with Gasteiger partial charge in [-0.25, -0.2) is 0 Å². The predicted octanol–water partition coefficient (Wildman–Crippen LogP) is 2.92. The summed E-state index contributed by atoms with van der Waals surface area (Å²) in [4.78, 5) is 11.7. The second-order valence-electron chi connectivity index (χ2n) is 6.31. The summed E-state index contributed by atoms with van der Waals surface area (Å²) in [6, 6.07) is 5.74. The Labute approximate surface area is 138 Å². The lowest BCUT2D eigenvalue weighted by molar-refractivity contribution is -0.121. The SMILES string of the molecule is COc1cc(CNC(=O)CC(C)C)ccc1OC[C@H]1CCCO1. The van der Waals surface area contributed by atoms with Crippen LogP contribution in [0.1, 0.15) is 38.7 Å². The van der Waals surface area contributed by atoms with Crippen LogP contribution in [0.4, 0.5) is 0 Å². The molecule has 0 saturated carbocycles. The fourth-order valence-corrected chi connectivity index (χ4v) is 2.54. The zero-order valence-electron chi connectivity index (χ0n) is 14.3. The lowest BCUT2D eigenvalue weighted by Crippen LogP contribution is -2.23. The summed E-state index contributed by atoms with van der Waals surface area (Å²) in [5.74, 6) is 1.81. The minimum atomic E-state index is 0.0673. The lowest BCUT2D eigenvalue weighted by Gasteiger charge is -2.15. The van der Waals surface area contributed by atoms with E-state index in [1.54, 1.807) is 7.11 Å². The minimum Gasteiger partial charge on any atom is -0.493 e. The fraction of sp³-hybridized carbons (Fsp3) is 0.611. The molecule has 1 amide bonds. The highest BCUT2D eigenvalue weighted by atomic mass is 16.5. The maximum Gasteiger partial charge on any atom is 0.220 e. The summed E-state index contributed by atoms with van der Waals surface area (Å²) in [5, 5.41) is 2.92. The van der Waals surface area contributed by atoms with Crippen LogP contribution in [0.25, 0.3) is 0 Å². The van der Waals surface area contributed by atoms with E-state index in [4.69, 9.17) is 14.2 Å². The van der Waals surface area contributed by atoms with Gasteiger partial charge in [-0.3, -0.25) is 4.79 Å². The Morgan fingerprint density at radius 1 is 1.39 bits per heavy atom. The quantitative estimate of drug-likeness (QED) is 0.800. The Kier molecular flexibility index (Phi) is 6.71. The third-order valence-electron chi connectivity index (χ3n) is 3.76. The number of benzene rings is 1. The predicted molar refractivity (Wildman–Crippen MR) is 88.8 cm³/mol. The van der Waals surface area contributed by atoms with Crippen molar-refractivity contribution in [3.63, 3.8) is 0 Å². The van der Waals surface area contributed by atoms with E-state index in [0.717, 1.165) is 25.0 Å². The second-order valence-corrected chi connectivity index (χ2v) is 6.31. The van der Waals surface area contributed by atoms with Crippen molar-refractivity contribution in [3.05, 3.63) is 23.8 Å². The van der Waals surface area contributed by atoms with Crippen molar-refractivity contribution in [2.24, 2.45) is 5.92 Å². The molecule has 1 aliphatic rings. The van der Waals surface area contributed by atoms with E-state index < -0.39 is 0 Å². The molecule has 1 atom stereocenters. The third-order valence-corrected chi connectivity index (χ3v) is 3.76. The maximum absolute atomic E-state index is 11.7. The number of carbonyl (C=O) groups is 1. The molecule has 1 aromatic rings. The molecular weight excluding hydrogens is 294 g/mol. The summed E-state index contributed by atoms with van der Waals surface area (Å²) in [7, 11) is 1.62. The Hall–Kier alpha value is -1.75. The van der Waals surface area contributed by atoms with Gasteiger partial charge in [0.25, 0.3) is 0 Å². The van der Waals surface area contributed by atoms with E-state index in [2.05, 4.69) is 5.32 Å². The van der Waals surface area contributed by atoms with E-state index in [1.807, 2.05) is 32.0 Å². The van der Waals surface area contributed by atoms with Crippen LogP contribution in [0.15, 0.2) is 18.2 Å². The first-order valence-electron chi connectivity index (χ1n) is 8.26. The number of hydrogen-bond acceptors (Lipinski definition) is 4. The zero-order valence-corrected chi connectivity index (χ0v) is 14.3. The molecule has 1 N–H and O–H groups in total. The van der Waals surface area contributed by atoms with Crippen LogP contribution in [0.3, 0.4) is 0 Å². The number of rotatable bonds is 8. The van der Waals surface area contributed by atoms with Crippen molar-refractivity contribution in [1.29, 1.82) is 0 Å². The highest BCUT2D eigenvalue weighted by molar-refractivity contribution is 5.76. The van der Waals surface area contributed by atoms with Crippen molar-refractivity contribution >= 4 is 5.91 Å². The molecular formula is C18H27NO4. The van der Waals surface area contributed by atoms with Gasteiger partial charge < -0.3 is 19.5 Å². The summed E-state index contributed by atoms with van der Waals surface area (Å²) in [6.07, 6.45) is 2.86. The largest absolute Gasteiger partial charge is 0.493 e. The molecule has 1 heterocycles. The van der Waals surface area contributed by atoms with Gasteiger partial charge >= 0.3 is 0 Å². The van der Waals surface area contributed by atoms with Crippen LogP contribution >= 0.6 is 0 Å². The highest BCUT2D eigenvalue weighted by Gasteiger charge is 2.17. The van der Waals surface area contributed by atoms with Gasteiger partial charge in [0.05, 0.1) is 13.2 Å². The van der Waals surface area contributed by atoms with E-state index in [9.17, 15) is 4.79 Å². The third kappa shape index (κ3) is 5.75. The molecule has 0 radical (unpaired) electrons. The van der Waals surface area contributed by atoms with Crippen LogP contribution in [-0.2, 0) is 16.1 Å². The molecule has 0 unspecified atom stereocenters. The molecule has 1 aliphatic heterocycles. The van der Waals surface area contributed by atoms with E-state index in [1.165, 1.54) is 0 Å². The Morgan fingerprint density at radius 2 is 2.22 bits per heavy atom. The highest BCUT2D eigenvalue weighted by Crippen LogP contribution is 2.29. The topological polar surface area (TPSA) is 56.8 Å². The fourth-order valence-electron chi connectivity index (χ4n) is 2.54. The van der Waals surface area contributed by atoms with Gasteiger partial charge in [0, 0.05) is 19.6 Å². The Balaban J connectivity index is 1.88. The van der Waals surface area contributed by atoms with E-state index >= 15 is 0 Å². The second kappa shape index (κ2) is 8.77. The standard InChI is InChI=1S/C18H27NO4/c1-13(2)9-18(20)19-11-14-6-7-16(17(10-14)21-3)23-12-15-5-4-8-22-15/h6-7,10,13,15H,4-5,8-9,11-12H2,1-3H3,(H,19,20)/t15-/m1/s1. The Bertz CT molecular complexity index is 510. The van der Waals surface area contributed by atoms with Gasteiger partial charge in [-0.2, -0.15) is 0 Å². The van der Waals surface area contributed by atoms with Gasteiger partial charge in [-0.15, -0.1) is 0 Å². The van der Waals surface area contributed by atoms with E-state index in [0.29, 0.717) is 37.0 Å². The first-order chi connectivity index (χ1) is 11.1. The number of ether oxygens (including phenoxy) is 3.